The summed E-state index contributed by atoms with van der Waals surface area (Å²) >= 11 is 0. The molecule has 0 saturated carbocycles. The number of aromatic nitrogens is 1. The summed E-state index contributed by atoms with van der Waals surface area (Å²) in [6, 6.07) is 85.3. The van der Waals surface area contributed by atoms with Crippen LogP contribution in [0.3, 0.4) is 0 Å². The molecule has 11 aromatic rings. The van der Waals surface area contributed by atoms with Gasteiger partial charge in [0.25, 0.3) is 0 Å². The standard InChI is InChI=1S/C56H39N3/c1-4-19-42(20-5-1)57(46-35-36-52-51-28-14-15-29-54(51)59(56(52)39-46)44-23-8-3-9-24-44)45-33-31-41(32-34-45)47-37-38-55(50-27-13-12-26-49(47)50)58(43-21-6-2-7-22-43)53-30-16-18-40-17-10-11-25-48(40)53/h1-39H. The molecule has 0 aliphatic carbocycles. The SMILES string of the molecule is c1ccc(N(c2ccc(-c3ccc(N(c4ccccc4)c4cccc5ccccc45)c4ccccc34)cc2)c2ccc3c4ccccc4n(-c4ccccc4)c3c2)cc1. The number of hydrogen-bond acceptors (Lipinski definition) is 2. The quantitative estimate of drug-likeness (QED) is 0.153. The van der Waals surface area contributed by atoms with E-state index in [-0.39, 0.29) is 0 Å². The Morgan fingerprint density at radius 3 is 1.56 bits per heavy atom. The molecule has 0 aliphatic heterocycles. The third-order valence-corrected chi connectivity index (χ3v) is 11.5. The van der Waals surface area contributed by atoms with Crippen LogP contribution in [0.2, 0.25) is 0 Å². The number of anilines is 6. The Bertz CT molecular complexity index is 3260. The first kappa shape index (κ1) is 34.4. The lowest BCUT2D eigenvalue weighted by atomic mass is 9.95. The van der Waals surface area contributed by atoms with Gasteiger partial charge >= 0.3 is 0 Å². The normalized spacial score (nSPS) is 11.4. The maximum atomic E-state index is 2.41. The summed E-state index contributed by atoms with van der Waals surface area (Å²) in [4.78, 5) is 4.77. The zero-order chi connectivity index (χ0) is 39.1. The number of hydrogen-bond donors (Lipinski definition) is 0. The minimum atomic E-state index is 1.09. The fourth-order valence-electron chi connectivity index (χ4n) is 8.89. The second-order valence-corrected chi connectivity index (χ2v) is 15.0. The van der Waals surface area contributed by atoms with E-state index in [1.807, 2.05) is 0 Å². The number of nitrogens with zero attached hydrogens (tertiary/aromatic N) is 3. The van der Waals surface area contributed by atoms with Gasteiger partial charge in [0.15, 0.2) is 0 Å². The molecule has 0 amide bonds. The van der Waals surface area contributed by atoms with Crippen molar-refractivity contribution in [2.24, 2.45) is 0 Å². The van der Waals surface area contributed by atoms with Crippen molar-refractivity contribution >= 4 is 77.5 Å². The highest BCUT2D eigenvalue weighted by Gasteiger charge is 2.20. The van der Waals surface area contributed by atoms with Crippen molar-refractivity contribution in [1.82, 2.24) is 4.57 Å². The zero-order valence-electron chi connectivity index (χ0n) is 32.4. The van der Waals surface area contributed by atoms with Crippen LogP contribution in [0.4, 0.5) is 34.1 Å². The lowest BCUT2D eigenvalue weighted by molar-refractivity contribution is 1.18. The van der Waals surface area contributed by atoms with E-state index < -0.39 is 0 Å². The maximum absolute atomic E-state index is 2.41. The summed E-state index contributed by atoms with van der Waals surface area (Å²) in [5.41, 5.74) is 12.6. The number of para-hydroxylation sites is 4. The molecule has 0 N–H and O–H groups in total. The van der Waals surface area contributed by atoms with Crippen molar-refractivity contribution in [3.05, 3.63) is 237 Å². The Hall–Kier alpha value is -7.88. The monoisotopic (exact) mass is 753 g/mol. The van der Waals surface area contributed by atoms with Gasteiger partial charge in [-0.05, 0) is 101 Å². The lowest BCUT2D eigenvalue weighted by Crippen LogP contribution is -2.11. The molecule has 11 rings (SSSR count). The van der Waals surface area contributed by atoms with Crippen molar-refractivity contribution in [2.75, 3.05) is 9.80 Å². The van der Waals surface area contributed by atoms with Crippen LogP contribution < -0.4 is 9.80 Å². The summed E-state index contributed by atoms with van der Waals surface area (Å²) in [5, 5.41) is 7.31. The molecular formula is C56H39N3. The van der Waals surface area contributed by atoms with E-state index in [9.17, 15) is 0 Å². The number of rotatable bonds is 8. The highest BCUT2D eigenvalue weighted by Crippen LogP contribution is 2.45. The van der Waals surface area contributed by atoms with Crippen LogP contribution in [0.25, 0.3) is 60.2 Å². The van der Waals surface area contributed by atoms with Crippen molar-refractivity contribution in [3.63, 3.8) is 0 Å². The van der Waals surface area contributed by atoms with Crippen LogP contribution in [-0.2, 0) is 0 Å². The summed E-state index contributed by atoms with van der Waals surface area (Å²) < 4.78 is 2.38. The van der Waals surface area contributed by atoms with Crippen molar-refractivity contribution < 1.29 is 0 Å². The van der Waals surface area contributed by atoms with E-state index in [0.717, 1.165) is 39.8 Å². The first-order valence-corrected chi connectivity index (χ1v) is 20.2. The maximum Gasteiger partial charge on any atom is 0.0561 e. The van der Waals surface area contributed by atoms with Gasteiger partial charge in [-0.15, -0.1) is 0 Å². The van der Waals surface area contributed by atoms with Gasteiger partial charge in [0.05, 0.1) is 22.4 Å². The van der Waals surface area contributed by atoms with Crippen molar-refractivity contribution in [2.45, 2.75) is 0 Å². The topological polar surface area (TPSA) is 11.4 Å². The first-order chi connectivity index (χ1) is 29.3. The molecular weight excluding hydrogens is 715 g/mol. The Balaban J connectivity index is 1.03. The lowest BCUT2D eigenvalue weighted by Gasteiger charge is -2.28. The molecule has 0 aliphatic rings. The molecule has 3 nitrogen and oxygen atoms in total. The smallest absolute Gasteiger partial charge is 0.0561 e. The van der Waals surface area contributed by atoms with Gasteiger partial charge in [-0.3, -0.25) is 0 Å². The predicted molar refractivity (Wildman–Crippen MR) is 251 cm³/mol. The van der Waals surface area contributed by atoms with E-state index in [4.69, 9.17) is 0 Å². The second kappa shape index (κ2) is 14.6. The van der Waals surface area contributed by atoms with E-state index in [1.54, 1.807) is 0 Å². The van der Waals surface area contributed by atoms with E-state index in [1.165, 1.54) is 54.5 Å². The Labute approximate surface area is 343 Å². The first-order valence-electron chi connectivity index (χ1n) is 20.2. The molecule has 278 valence electrons. The molecule has 0 fully saturated rings. The summed E-state index contributed by atoms with van der Waals surface area (Å²) in [5.74, 6) is 0. The van der Waals surface area contributed by atoms with Gasteiger partial charge in [0, 0.05) is 50.0 Å². The van der Waals surface area contributed by atoms with Crippen LogP contribution >= 0.6 is 0 Å². The van der Waals surface area contributed by atoms with Gasteiger partial charge in [-0.2, -0.15) is 0 Å². The summed E-state index contributed by atoms with van der Waals surface area (Å²) in [7, 11) is 0. The summed E-state index contributed by atoms with van der Waals surface area (Å²) in [6.45, 7) is 0. The Morgan fingerprint density at radius 1 is 0.288 bits per heavy atom. The van der Waals surface area contributed by atoms with Gasteiger partial charge in [-0.1, -0.05) is 158 Å². The molecule has 0 spiro atoms. The molecule has 3 heteroatoms. The average Bonchev–Trinajstić information content (AvgIpc) is 3.64. The highest BCUT2D eigenvalue weighted by molar-refractivity contribution is 6.11. The fourth-order valence-corrected chi connectivity index (χ4v) is 8.89. The number of benzene rings is 10. The van der Waals surface area contributed by atoms with Crippen molar-refractivity contribution in [1.29, 1.82) is 0 Å². The predicted octanol–water partition coefficient (Wildman–Crippen LogP) is 15.7. The van der Waals surface area contributed by atoms with Crippen LogP contribution in [0.5, 0.6) is 0 Å². The molecule has 1 aromatic heterocycles. The minimum absolute atomic E-state index is 1.09. The van der Waals surface area contributed by atoms with Gasteiger partial charge in [0.1, 0.15) is 0 Å². The second-order valence-electron chi connectivity index (χ2n) is 15.0. The van der Waals surface area contributed by atoms with E-state index in [0.29, 0.717) is 0 Å². The third-order valence-electron chi connectivity index (χ3n) is 11.5. The van der Waals surface area contributed by atoms with Gasteiger partial charge < -0.3 is 14.4 Å². The van der Waals surface area contributed by atoms with Crippen LogP contribution in [0, 0.1) is 0 Å². The molecule has 0 saturated heterocycles. The van der Waals surface area contributed by atoms with Gasteiger partial charge in [-0.25, -0.2) is 0 Å². The molecule has 0 unspecified atom stereocenters. The average molecular weight is 754 g/mol. The van der Waals surface area contributed by atoms with Crippen LogP contribution in [-0.4, -0.2) is 4.57 Å². The van der Waals surface area contributed by atoms with Crippen LogP contribution in [0.15, 0.2) is 237 Å². The number of fused-ring (bicyclic) bond motifs is 5. The van der Waals surface area contributed by atoms with E-state index >= 15 is 0 Å². The largest absolute Gasteiger partial charge is 0.310 e. The Morgan fingerprint density at radius 2 is 0.814 bits per heavy atom. The highest BCUT2D eigenvalue weighted by atomic mass is 15.2. The molecule has 59 heavy (non-hydrogen) atoms. The Kier molecular flexibility index (Phi) is 8.49. The summed E-state index contributed by atoms with van der Waals surface area (Å²) in [6.07, 6.45) is 0. The third kappa shape index (κ3) is 6.00. The molecule has 0 radical (unpaired) electrons. The van der Waals surface area contributed by atoms with Gasteiger partial charge in [0.2, 0.25) is 0 Å². The minimum Gasteiger partial charge on any atom is -0.310 e. The zero-order valence-corrected chi connectivity index (χ0v) is 32.4. The molecule has 0 atom stereocenters. The molecule has 10 aromatic carbocycles. The van der Waals surface area contributed by atoms with Crippen LogP contribution in [0.1, 0.15) is 0 Å². The van der Waals surface area contributed by atoms with Crippen molar-refractivity contribution in [3.8, 4) is 16.8 Å². The fraction of sp³-hybridized carbons (Fsp3) is 0. The molecule has 0 bridgehead atoms. The molecule has 1 heterocycles. The van der Waals surface area contributed by atoms with E-state index in [2.05, 4.69) is 251 Å².